The van der Waals surface area contributed by atoms with Crippen LogP contribution in [0.4, 0.5) is 0 Å². The molecule has 0 radical (unpaired) electrons. The predicted octanol–water partition coefficient (Wildman–Crippen LogP) is 4.07. The van der Waals surface area contributed by atoms with Crippen LogP contribution in [0.5, 0.6) is 0 Å². The number of rotatable bonds is 12. The predicted molar refractivity (Wildman–Crippen MR) is 135 cm³/mol. The molecule has 34 heavy (non-hydrogen) atoms. The first-order chi connectivity index (χ1) is 16.1. The zero-order valence-electron chi connectivity index (χ0n) is 20.2. The minimum Gasteiger partial charge on any atom is -0.352 e. The molecule has 9 heteroatoms. The second-order valence-electron chi connectivity index (χ2n) is 8.35. The van der Waals surface area contributed by atoms with Crippen LogP contribution in [0.15, 0.2) is 59.5 Å². The smallest absolute Gasteiger partial charge is 0.242 e. The highest BCUT2D eigenvalue weighted by molar-refractivity contribution is 7.89. The van der Waals surface area contributed by atoms with E-state index in [1.807, 2.05) is 26.0 Å². The van der Waals surface area contributed by atoms with Crippen LogP contribution < -0.4 is 5.32 Å². The summed E-state index contributed by atoms with van der Waals surface area (Å²) in [7, 11) is -2.13. The third-order valence-electron chi connectivity index (χ3n) is 5.78. The minimum atomic E-state index is -3.63. The molecule has 0 aliphatic heterocycles. The van der Waals surface area contributed by atoms with Gasteiger partial charge in [0.25, 0.3) is 0 Å². The zero-order chi connectivity index (χ0) is 25.3. The van der Waals surface area contributed by atoms with Gasteiger partial charge in [0.1, 0.15) is 6.04 Å². The van der Waals surface area contributed by atoms with E-state index in [2.05, 4.69) is 5.32 Å². The zero-order valence-corrected chi connectivity index (χ0v) is 21.8. The van der Waals surface area contributed by atoms with E-state index in [0.29, 0.717) is 11.4 Å². The van der Waals surface area contributed by atoms with E-state index in [4.69, 9.17) is 11.6 Å². The lowest BCUT2D eigenvalue weighted by atomic mass is 10.1. The van der Waals surface area contributed by atoms with Crippen molar-refractivity contribution >= 4 is 33.4 Å². The Labute approximate surface area is 208 Å². The van der Waals surface area contributed by atoms with Gasteiger partial charge in [-0.15, -0.1) is 0 Å². The largest absolute Gasteiger partial charge is 0.352 e. The average Bonchev–Trinajstić information content (AvgIpc) is 2.83. The van der Waals surface area contributed by atoms with E-state index in [1.54, 1.807) is 49.4 Å². The third-order valence-corrected chi connectivity index (χ3v) is 8.02. The van der Waals surface area contributed by atoms with Crippen LogP contribution in [-0.2, 0) is 26.2 Å². The third kappa shape index (κ3) is 7.55. The summed E-state index contributed by atoms with van der Waals surface area (Å²) in [6.45, 7) is 5.94. The fourth-order valence-corrected chi connectivity index (χ4v) is 4.77. The highest BCUT2D eigenvalue weighted by atomic mass is 35.5. The van der Waals surface area contributed by atoms with Crippen LogP contribution >= 0.6 is 11.6 Å². The average molecular weight is 508 g/mol. The number of amides is 2. The van der Waals surface area contributed by atoms with Crippen molar-refractivity contribution in [2.45, 2.75) is 63.6 Å². The highest BCUT2D eigenvalue weighted by Crippen LogP contribution is 2.20. The molecule has 7 nitrogen and oxygen atoms in total. The molecule has 2 amide bonds. The van der Waals surface area contributed by atoms with Crippen molar-refractivity contribution in [1.29, 1.82) is 0 Å². The van der Waals surface area contributed by atoms with E-state index >= 15 is 0 Å². The Morgan fingerprint density at radius 1 is 1.03 bits per heavy atom. The molecule has 2 atom stereocenters. The Bertz CT molecular complexity index is 1060. The lowest BCUT2D eigenvalue weighted by molar-refractivity contribution is -0.141. The van der Waals surface area contributed by atoms with Crippen molar-refractivity contribution in [2.75, 3.05) is 13.6 Å². The summed E-state index contributed by atoms with van der Waals surface area (Å²) < 4.78 is 26.7. The van der Waals surface area contributed by atoms with E-state index in [-0.39, 0.29) is 42.3 Å². The van der Waals surface area contributed by atoms with Crippen molar-refractivity contribution in [3.05, 3.63) is 65.2 Å². The normalized spacial score (nSPS) is 13.4. The molecular weight excluding hydrogens is 474 g/mol. The Kier molecular flexibility index (Phi) is 10.5. The monoisotopic (exact) mass is 507 g/mol. The summed E-state index contributed by atoms with van der Waals surface area (Å²) in [5.41, 5.74) is 0.740. The standard InChI is InChI=1S/C25H34ClN3O4S/c1-5-19(2)27-25(31)20(3)29(18-21-12-9-10-15-23(21)26)24(30)16-11-17-28(4)34(32,33)22-13-7-6-8-14-22/h6-10,12-15,19-20H,5,11,16-18H2,1-4H3,(H,27,31)/t19-,20-/m1/s1. The molecule has 2 aromatic carbocycles. The highest BCUT2D eigenvalue weighted by Gasteiger charge is 2.27. The molecule has 0 spiro atoms. The topological polar surface area (TPSA) is 86.8 Å². The number of nitrogens with one attached hydrogen (secondary N) is 1. The molecule has 0 saturated carbocycles. The first kappa shape index (κ1) is 27.8. The summed E-state index contributed by atoms with van der Waals surface area (Å²) in [5.74, 6) is -0.476. The lowest BCUT2D eigenvalue weighted by Crippen LogP contribution is -2.49. The Morgan fingerprint density at radius 3 is 2.26 bits per heavy atom. The van der Waals surface area contributed by atoms with E-state index in [1.165, 1.54) is 16.3 Å². The second kappa shape index (κ2) is 12.9. The van der Waals surface area contributed by atoms with Gasteiger partial charge >= 0.3 is 0 Å². The van der Waals surface area contributed by atoms with E-state index in [0.717, 1.165) is 12.0 Å². The molecular formula is C25H34ClN3O4S. The van der Waals surface area contributed by atoms with Crippen LogP contribution in [0, 0.1) is 0 Å². The van der Waals surface area contributed by atoms with Gasteiger partial charge in [-0.1, -0.05) is 54.9 Å². The summed E-state index contributed by atoms with van der Waals surface area (Å²) in [6.07, 6.45) is 1.19. The molecule has 0 fully saturated rings. The molecule has 2 rings (SSSR count). The first-order valence-corrected chi connectivity index (χ1v) is 13.2. The molecule has 1 N–H and O–H groups in total. The lowest BCUT2D eigenvalue weighted by Gasteiger charge is -2.30. The quantitative estimate of drug-likeness (QED) is 0.469. The van der Waals surface area contributed by atoms with Gasteiger partial charge in [-0.25, -0.2) is 12.7 Å². The van der Waals surface area contributed by atoms with Crippen molar-refractivity contribution in [1.82, 2.24) is 14.5 Å². The second-order valence-corrected chi connectivity index (χ2v) is 10.8. The minimum absolute atomic E-state index is 0.0101. The summed E-state index contributed by atoms with van der Waals surface area (Å²) >= 11 is 6.31. The van der Waals surface area contributed by atoms with E-state index in [9.17, 15) is 18.0 Å². The summed E-state index contributed by atoms with van der Waals surface area (Å²) in [6, 6.07) is 14.7. The molecule has 0 bridgehead atoms. The fourth-order valence-electron chi connectivity index (χ4n) is 3.35. The number of hydrogen-bond donors (Lipinski definition) is 1. The molecule has 0 aliphatic carbocycles. The molecule has 2 aromatic rings. The molecule has 0 aliphatic rings. The van der Waals surface area contributed by atoms with Crippen LogP contribution in [0.25, 0.3) is 0 Å². The SMILES string of the molecule is CC[C@@H](C)NC(=O)[C@@H](C)N(Cc1ccccc1Cl)C(=O)CCCN(C)S(=O)(=O)c1ccccc1. The van der Waals surface area contributed by atoms with Crippen LogP contribution in [0.1, 0.15) is 45.6 Å². The number of sulfonamides is 1. The summed E-state index contributed by atoms with van der Waals surface area (Å²) in [4.78, 5) is 27.7. The number of halogens is 1. The molecule has 0 saturated heterocycles. The van der Waals surface area contributed by atoms with Gasteiger partial charge in [-0.3, -0.25) is 9.59 Å². The summed E-state index contributed by atoms with van der Waals surface area (Å²) in [5, 5.41) is 3.44. The maximum absolute atomic E-state index is 13.2. The van der Waals surface area contributed by atoms with Crippen molar-refractivity contribution in [3.63, 3.8) is 0 Å². The van der Waals surface area contributed by atoms with E-state index < -0.39 is 16.1 Å². The van der Waals surface area contributed by atoms with Crippen molar-refractivity contribution in [2.24, 2.45) is 0 Å². The van der Waals surface area contributed by atoms with Crippen molar-refractivity contribution < 1.29 is 18.0 Å². The number of carbonyl (C=O) groups is 2. The Morgan fingerprint density at radius 2 is 1.65 bits per heavy atom. The Hall–Kier alpha value is -2.42. The maximum Gasteiger partial charge on any atom is 0.242 e. The van der Waals surface area contributed by atoms with Crippen LogP contribution in [-0.4, -0.2) is 55.1 Å². The van der Waals surface area contributed by atoms with Gasteiger partial charge < -0.3 is 10.2 Å². The van der Waals surface area contributed by atoms with Gasteiger partial charge in [-0.2, -0.15) is 0 Å². The van der Waals surface area contributed by atoms with Gasteiger partial charge in [0.2, 0.25) is 21.8 Å². The number of benzene rings is 2. The van der Waals surface area contributed by atoms with Gasteiger partial charge in [-0.05, 0) is 50.5 Å². The van der Waals surface area contributed by atoms with Crippen LogP contribution in [0.2, 0.25) is 5.02 Å². The van der Waals surface area contributed by atoms with Crippen LogP contribution in [0.3, 0.4) is 0 Å². The van der Waals surface area contributed by atoms with Gasteiger partial charge in [0, 0.05) is 37.6 Å². The first-order valence-electron chi connectivity index (χ1n) is 11.4. The Balaban J connectivity index is 2.10. The maximum atomic E-state index is 13.2. The fraction of sp³-hybridized carbons (Fsp3) is 0.440. The molecule has 0 aromatic heterocycles. The molecule has 186 valence electrons. The molecule has 0 unspecified atom stereocenters. The number of nitrogens with zero attached hydrogens (tertiary/aromatic N) is 2. The van der Waals surface area contributed by atoms with Gasteiger partial charge in [0.15, 0.2) is 0 Å². The van der Waals surface area contributed by atoms with Gasteiger partial charge in [0.05, 0.1) is 4.90 Å². The number of carbonyl (C=O) groups excluding carboxylic acids is 2. The molecule has 0 heterocycles. The number of hydrogen-bond acceptors (Lipinski definition) is 4. The van der Waals surface area contributed by atoms with Crippen molar-refractivity contribution in [3.8, 4) is 0 Å².